The normalized spacial score (nSPS) is 12.3. The van der Waals surface area contributed by atoms with Crippen LogP contribution in [0.4, 0.5) is 26.3 Å². The lowest BCUT2D eigenvalue weighted by molar-refractivity contribution is -0.171. The van der Waals surface area contributed by atoms with E-state index in [-0.39, 0.29) is 12.8 Å². The van der Waals surface area contributed by atoms with E-state index in [1.807, 2.05) is 13.8 Å². The van der Waals surface area contributed by atoms with Gasteiger partial charge in [0.15, 0.2) is 0 Å². The van der Waals surface area contributed by atoms with Crippen molar-refractivity contribution in [2.24, 2.45) is 34.5 Å². The molecular weight excluding hydrogens is 570 g/mol. The van der Waals surface area contributed by atoms with Crippen molar-refractivity contribution in [2.45, 2.75) is 214 Å². The maximum Gasteiger partial charge on any atom is 0.391 e. The van der Waals surface area contributed by atoms with Crippen molar-refractivity contribution in [1.29, 1.82) is 0 Å². The molecule has 0 aromatic carbocycles. The van der Waals surface area contributed by atoms with Gasteiger partial charge in [0.05, 0.1) is 5.92 Å². The van der Waals surface area contributed by atoms with Crippen molar-refractivity contribution in [2.75, 3.05) is 0 Å². The SMILES string of the molecule is CC(C)C(C)C.CCC(C)(C)C.CCC(C)(C)C.CCC(C)CC.CCCCCCC(F)(F)F.CCCC[C@H](C)C(F)(F)F. The number of rotatable bonds is 10. The molecule has 0 aliphatic heterocycles. The highest BCUT2D eigenvalue weighted by Crippen LogP contribution is 2.29. The predicted octanol–water partition coefficient (Wildman–Crippen LogP) is 16.5. The predicted molar refractivity (Wildman–Crippen MR) is 188 cm³/mol. The van der Waals surface area contributed by atoms with Gasteiger partial charge in [0.25, 0.3) is 0 Å². The fourth-order valence-corrected chi connectivity index (χ4v) is 1.71. The van der Waals surface area contributed by atoms with Crippen molar-refractivity contribution >= 4 is 0 Å². The largest absolute Gasteiger partial charge is 0.391 e. The molecule has 44 heavy (non-hydrogen) atoms. The Morgan fingerprint density at radius 3 is 0.955 bits per heavy atom. The smallest absolute Gasteiger partial charge is 0.171 e. The minimum absolute atomic E-state index is 0.264. The summed E-state index contributed by atoms with van der Waals surface area (Å²) < 4.78 is 69.8. The third-order valence-corrected chi connectivity index (χ3v) is 7.71. The molecular formula is C38H82F6. The monoisotopic (exact) mass is 653 g/mol. The number of hydrogen-bond acceptors (Lipinski definition) is 0. The Hall–Kier alpha value is -0.420. The summed E-state index contributed by atoms with van der Waals surface area (Å²) in [7, 11) is 0. The van der Waals surface area contributed by atoms with E-state index in [0.717, 1.165) is 37.0 Å². The van der Waals surface area contributed by atoms with Gasteiger partial charge in [-0.15, -0.1) is 0 Å². The van der Waals surface area contributed by atoms with Crippen molar-refractivity contribution in [3.63, 3.8) is 0 Å². The molecule has 0 rings (SSSR count). The lowest BCUT2D eigenvalue weighted by Gasteiger charge is -2.14. The van der Waals surface area contributed by atoms with Gasteiger partial charge in [0.1, 0.15) is 0 Å². The molecule has 0 aliphatic carbocycles. The molecule has 0 aromatic rings. The Morgan fingerprint density at radius 2 is 0.795 bits per heavy atom. The van der Waals surface area contributed by atoms with Crippen LogP contribution in [0.15, 0.2) is 0 Å². The third kappa shape index (κ3) is 73.2. The summed E-state index contributed by atoms with van der Waals surface area (Å²) in [6.45, 7) is 38.7. The lowest BCUT2D eigenvalue weighted by Crippen LogP contribution is -2.19. The number of unbranched alkanes of at least 4 members (excludes halogenated alkanes) is 4. The van der Waals surface area contributed by atoms with Gasteiger partial charge in [-0.3, -0.25) is 0 Å². The number of hydrogen-bond donors (Lipinski definition) is 0. The summed E-state index contributed by atoms with van der Waals surface area (Å²) in [6, 6.07) is 0. The fraction of sp³-hybridized carbons (Fsp3) is 1.00. The van der Waals surface area contributed by atoms with E-state index in [0.29, 0.717) is 23.7 Å². The second kappa shape index (κ2) is 32.5. The summed E-state index contributed by atoms with van der Waals surface area (Å²) in [6.07, 6.45) is 1.30. The van der Waals surface area contributed by atoms with Crippen LogP contribution in [0.2, 0.25) is 0 Å². The molecule has 6 heteroatoms. The molecule has 276 valence electrons. The highest BCUT2D eigenvalue weighted by atomic mass is 19.4. The van der Waals surface area contributed by atoms with Crippen LogP contribution in [0.25, 0.3) is 0 Å². The second-order valence-corrected chi connectivity index (χ2v) is 15.2. The number of alkyl halides is 6. The highest BCUT2D eigenvalue weighted by Gasteiger charge is 2.34. The summed E-state index contributed by atoms with van der Waals surface area (Å²) in [5.41, 5.74) is 1.08. The zero-order valence-corrected chi connectivity index (χ0v) is 33.1. The molecule has 0 saturated heterocycles. The maximum atomic E-state index is 11.8. The average Bonchev–Trinajstić information content (AvgIpc) is 2.89. The molecule has 0 radical (unpaired) electrons. The van der Waals surface area contributed by atoms with Crippen molar-refractivity contribution in [3.05, 3.63) is 0 Å². The molecule has 0 aliphatic rings. The Balaban J connectivity index is -0.000000100. The topological polar surface area (TPSA) is 0 Å². The quantitative estimate of drug-likeness (QED) is 0.163. The van der Waals surface area contributed by atoms with Crippen LogP contribution in [-0.4, -0.2) is 12.4 Å². The average molecular weight is 653 g/mol. The van der Waals surface area contributed by atoms with E-state index >= 15 is 0 Å². The van der Waals surface area contributed by atoms with Gasteiger partial charge in [0, 0.05) is 6.42 Å². The molecule has 0 aromatic heterocycles. The lowest BCUT2D eigenvalue weighted by atomic mass is 9.94. The van der Waals surface area contributed by atoms with Gasteiger partial charge in [-0.05, 0) is 41.4 Å². The summed E-state index contributed by atoms with van der Waals surface area (Å²) in [4.78, 5) is 0. The first-order valence-corrected chi connectivity index (χ1v) is 17.7. The molecule has 0 heterocycles. The Morgan fingerprint density at radius 1 is 0.477 bits per heavy atom. The Kier molecular flexibility index (Phi) is 41.3. The molecule has 0 spiro atoms. The highest BCUT2D eigenvalue weighted by molar-refractivity contribution is 4.61. The van der Waals surface area contributed by atoms with Crippen LogP contribution in [0.1, 0.15) is 202 Å². The zero-order chi connectivity index (χ0) is 36.8. The molecule has 0 bridgehead atoms. The van der Waals surface area contributed by atoms with Gasteiger partial charge < -0.3 is 0 Å². The minimum Gasteiger partial charge on any atom is -0.171 e. The Labute approximate surface area is 274 Å². The first-order chi connectivity index (χ1) is 19.6. The Bertz CT molecular complexity index is 495. The molecule has 0 saturated carbocycles. The van der Waals surface area contributed by atoms with Gasteiger partial charge in [-0.1, -0.05) is 182 Å². The van der Waals surface area contributed by atoms with Crippen LogP contribution in [0.3, 0.4) is 0 Å². The molecule has 0 amide bonds. The van der Waals surface area contributed by atoms with Gasteiger partial charge in [0.2, 0.25) is 0 Å². The zero-order valence-electron chi connectivity index (χ0n) is 33.1. The summed E-state index contributed by atoms with van der Waals surface area (Å²) in [5.74, 6) is 1.51. The van der Waals surface area contributed by atoms with Crippen molar-refractivity contribution in [3.8, 4) is 0 Å². The molecule has 1 atom stereocenters. The standard InChI is InChI=1S/2C7H13F3.4C6H14/c1-3-4-5-6(2)7(8,9)10;1-2-3-4-5-6-7(8,9)10;2*1-5-6(2,3)4;1-5(2)6(3)4;1-4-6(3)5-2/h6H,3-5H2,1-2H3;2-6H2,1H3;2*5H2,1-4H3;5-6H,1-4H3;6H,4-5H2,1-3H3/t6-;;;;;/m0...../s1. The van der Waals surface area contributed by atoms with Gasteiger partial charge in [-0.2, -0.15) is 26.3 Å². The van der Waals surface area contributed by atoms with E-state index in [1.54, 1.807) is 0 Å². The van der Waals surface area contributed by atoms with Crippen LogP contribution in [0, 0.1) is 34.5 Å². The fourth-order valence-electron chi connectivity index (χ4n) is 1.71. The number of halogens is 6. The van der Waals surface area contributed by atoms with E-state index < -0.39 is 24.7 Å². The van der Waals surface area contributed by atoms with E-state index in [1.165, 1.54) is 32.6 Å². The van der Waals surface area contributed by atoms with Gasteiger partial charge >= 0.3 is 12.4 Å². The van der Waals surface area contributed by atoms with E-state index in [9.17, 15) is 26.3 Å². The summed E-state index contributed by atoms with van der Waals surface area (Å²) in [5, 5.41) is 0. The van der Waals surface area contributed by atoms with Gasteiger partial charge in [-0.25, -0.2) is 0 Å². The van der Waals surface area contributed by atoms with Crippen LogP contribution in [-0.2, 0) is 0 Å². The minimum atomic E-state index is -3.99. The molecule has 0 unspecified atom stereocenters. The second-order valence-electron chi connectivity index (χ2n) is 15.2. The van der Waals surface area contributed by atoms with Crippen LogP contribution < -0.4 is 0 Å². The molecule has 0 fully saturated rings. The first-order valence-electron chi connectivity index (χ1n) is 17.7. The third-order valence-electron chi connectivity index (χ3n) is 7.71. The van der Waals surface area contributed by atoms with Crippen LogP contribution >= 0.6 is 0 Å². The van der Waals surface area contributed by atoms with E-state index in [4.69, 9.17) is 0 Å². The summed E-state index contributed by atoms with van der Waals surface area (Å²) >= 11 is 0. The van der Waals surface area contributed by atoms with Crippen molar-refractivity contribution < 1.29 is 26.3 Å². The van der Waals surface area contributed by atoms with Crippen LogP contribution in [0.5, 0.6) is 0 Å². The van der Waals surface area contributed by atoms with Crippen molar-refractivity contribution in [1.82, 2.24) is 0 Å². The first kappa shape index (κ1) is 55.9. The van der Waals surface area contributed by atoms with E-state index in [2.05, 4.69) is 104 Å². The molecule has 0 N–H and O–H groups in total. The maximum absolute atomic E-state index is 11.8. The molecule has 0 nitrogen and oxygen atoms in total.